The molecule has 0 amide bonds. The van der Waals surface area contributed by atoms with Crippen LogP contribution in [-0.4, -0.2) is 4.98 Å². The zero-order chi connectivity index (χ0) is 20.4. The van der Waals surface area contributed by atoms with Crippen LogP contribution < -0.4 is 9.47 Å². The van der Waals surface area contributed by atoms with Crippen LogP contribution in [0.2, 0.25) is 0 Å². The molecule has 0 aliphatic heterocycles. The first-order chi connectivity index (χ1) is 14.9. The van der Waals surface area contributed by atoms with Crippen molar-refractivity contribution in [2.45, 2.75) is 13.2 Å². The Kier molecular flexibility index (Phi) is 6.54. The molecule has 0 atom stereocenters. The van der Waals surface area contributed by atoms with Gasteiger partial charge >= 0.3 is 0 Å². The summed E-state index contributed by atoms with van der Waals surface area (Å²) < 4.78 is 12.2. The van der Waals surface area contributed by atoms with E-state index in [1.165, 1.54) is 0 Å². The maximum Gasteiger partial charge on any atom is 0.162 e. The average molecular weight is 393 g/mol. The van der Waals surface area contributed by atoms with Crippen molar-refractivity contribution < 1.29 is 9.47 Å². The molecule has 0 spiro atoms. The zero-order valence-electron chi connectivity index (χ0n) is 16.6. The van der Waals surface area contributed by atoms with Crippen LogP contribution in [0.1, 0.15) is 22.3 Å². The van der Waals surface area contributed by atoms with Gasteiger partial charge in [0, 0.05) is 12.4 Å². The molecule has 4 rings (SSSR count). The lowest BCUT2D eigenvalue weighted by Crippen LogP contribution is -2.00. The van der Waals surface area contributed by atoms with E-state index in [0.29, 0.717) is 13.2 Å². The van der Waals surface area contributed by atoms with Crippen molar-refractivity contribution in [3.63, 3.8) is 0 Å². The van der Waals surface area contributed by atoms with Crippen molar-refractivity contribution in [3.05, 3.63) is 126 Å². The number of pyridine rings is 1. The fourth-order valence-corrected chi connectivity index (χ4v) is 3.00. The molecule has 0 aliphatic carbocycles. The Balaban J connectivity index is 1.53. The van der Waals surface area contributed by atoms with Gasteiger partial charge in [0.25, 0.3) is 0 Å². The third-order valence-electron chi connectivity index (χ3n) is 4.62. The minimum atomic E-state index is 0.486. The summed E-state index contributed by atoms with van der Waals surface area (Å²) in [5.74, 6) is 1.46. The average Bonchev–Trinajstić information content (AvgIpc) is 2.82. The van der Waals surface area contributed by atoms with E-state index in [1.807, 2.05) is 66.7 Å². The summed E-state index contributed by atoms with van der Waals surface area (Å²) in [6, 6.07) is 30.2. The fraction of sp³-hybridized carbons (Fsp3) is 0.0741. The van der Waals surface area contributed by atoms with Gasteiger partial charge in [-0.25, -0.2) is 0 Å². The van der Waals surface area contributed by atoms with E-state index in [1.54, 1.807) is 12.4 Å². The van der Waals surface area contributed by atoms with E-state index in [2.05, 4.69) is 41.4 Å². The fourth-order valence-electron chi connectivity index (χ4n) is 3.00. The zero-order valence-corrected chi connectivity index (χ0v) is 16.6. The van der Waals surface area contributed by atoms with Gasteiger partial charge in [0.05, 0.1) is 0 Å². The molecular formula is C27H23NO2. The van der Waals surface area contributed by atoms with E-state index in [0.717, 1.165) is 33.8 Å². The van der Waals surface area contributed by atoms with Crippen LogP contribution in [0.3, 0.4) is 0 Å². The number of nitrogens with zero attached hydrogens (tertiary/aromatic N) is 1. The molecule has 0 saturated heterocycles. The maximum absolute atomic E-state index is 6.14. The van der Waals surface area contributed by atoms with Gasteiger partial charge in [0.1, 0.15) is 13.2 Å². The molecule has 1 aromatic heterocycles. The Hall–Kier alpha value is -3.85. The monoisotopic (exact) mass is 393 g/mol. The van der Waals surface area contributed by atoms with Gasteiger partial charge in [-0.15, -0.1) is 0 Å². The number of hydrogen-bond donors (Lipinski definition) is 0. The SMILES string of the molecule is C(=Cc1ccc(OCc2ccccc2)c(OCc2ccccc2)c1)c1ccncc1. The highest BCUT2D eigenvalue weighted by Gasteiger charge is 2.07. The van der Waals surface area contributed by atoms with Crippen LogP contribution in [0.25, 0.3) is 12.2 Å². The van der Waals surface area contributed by atoms with Crippen LogP contribution >= 0.6 is 0 Å². The van der Waals surface area contributed by atoms with Gasteiger partial charge in [-0.2, -0.15) is 0 Å². The highest BCUT2D eigenvalue weighted by atomic mass is 16.5. The molecule has 4 aromatic rings. The summed E-state index contributed by atoms with van der Waals surface area (Å²) in [5.41, 5.74) is 4.38. The van der Waals surface area contributed by atoms with E-state index < -0.39 is 0 Å². The van der Waals surface area contributed by atoms with Crippen molar-refractivity contribution >= 4 is 12.2 Å². The quantitative estimate of drug-likeness (QED) is 0.347. The first-order valence-electron chi connectivity index (χ1n) is 9.92. The van der Waals surface area contributed by atoms with Gasteiger partial charge in [-0.1, -0.05) is 78.9 Å². The van der Waals surface area contributed by atoms with Crippen LogP contribution in [-0.2, 0) is 13.2 Å². The number of rotatable bonds is 8. The standard InChI is InChI=1S/C27H23NO2/c1-3-7-24(8-4-1)20-29-26-14-13-23(12-11-22-15-17-28-18-16-22)19-27(26)30-21-25-9-5-2-6-10-25/h1-19H,20-21H2. The third-order valence-corrected chi connectivity index (χ3v) is 4.62. The Morgan fingerprint density at radius 3 is 1.77 bits per heavy atom. The third kappa shape index (κ3) is 5.58. The molecule has 3 nitrogen and oxygen atoms in total. The molecule has 0 bridgehead atoms. The van der Waals surface area contributed by atoms with Crippen LogP contribution in [0, 0.1) is 0 Å². The van der Waals surface area contributed by atoms with E-state index in [9.17, 15) is 0 Å². The molecular weight excluding hydrogens is 370 g/mol. The summed E-state index contributed by atoms with van der Waals surface area (Å²) in [6.07, 6.45) is 7.69. The predicted molar refractivity (Wildman–Crippen MR) is 121 cm³/mol. The summed E-state index contributed by atoms with van der Waals surface area (Å²) >= 11 is 0. The Labute approximate surface area is 177 Å². The Morgan fingerprint density at radius 1 is 0.567 bits per heavy atom. The van der Waals surface area contributed by atoms with Gasteiger partial charge in [0.2, 0.25) is 0 Å². The lowest BCUT2D eigenvalue weighted by atomic mass is 10.1. The van der Waals surface area contributed by atoms with Gasteiger partial charge in [-0.05, 0) is 46.5 Å². The lowest BCUT2D eigenvalue weighted by molar-refractivity contribution is 0.256. The number of ether oxygens (including phenoxy) is 2. The maximum atomic E-state index is 6.14. The normalized spacial score (nSPS) is 10.8. The molecule has 0 unspecified atom stereocenters. The van der Waals surface area contributed by atoms with Crippen LogP contribution in [0.5, 0.6) is 11.5 Å². The number of aromatic nitrogens is 1. The minimum Gasteiger partial charge on any atom is -0.485 e. The van der Waals surface area contributed by atoms with Crippen LogP contribution in [0.4, 0.5) is 0 Å². The van der Waals surface area contributed by atoms with Crippen molar-refractivity contribution in [3.8, 4) is 11.5 Å². The molecule has 1 heterocycles. The highest BCUT2D eigenvalue weighted by Crippen LogP contribution is 2.31. The first kappa shape index (κ1) is 19.5. The second-order valence-corrected chi connectivity index (χ2v) is 6.87. The summed E-state index contributed by atoms with van der Waals surface area (Å²) in [4.78, 5) is 4.05. The molecule has 0 radical (unpaired) electrons. The largest absolute Gasteiger partial charge is 0.485 e. The highest BCUT2D eigenvalue weighted by molar-refractivity contribution is 5.70. The molecule has 0 saturated carbocycles. The molecule has 148 valence electrons. The molecule has 0 fully saturated rings. The van der Waals surface area contributed by atoms with E-state index in [4.69, 9.17) is 9.47 Å². The van der Waals surface area contributed by atoms with Crippen molar-refractivity contribution in [2.24, 2.45) is 0 Å². The van der Waals surface area contributed by atoms with Crippen LogP contribution in [0.15, 0.2) is 103 Å². The molecule has 3 aromatic carbocycles. The predicted octanol–water partition coefficient (Wildman–Crippen LogP) is 6.41. The lowest BCUT2D eigenvalue weighted by Gasteiger charge is -2.14. The first-order valence-corrected chi connectivity index (χ1v) is 9.92. The Bertz CT molecular complexity index is 1080. The smallest absolute Gasteiger partial charge is 0.162 e. The van der Waals surface area contributed by atoms with Crippen molar-refractivity contribution in [2.75, 3.05) is 0 Å². The van der Waals surface area contributed by atoms with Gasteiger partial charge < -0.3 is 9.47 Å². The molecule has 30 heavy (non-hydrogen) atoms. The second kappa shape index (κ2) is 10.1. The number of benzene rings is 3. The van der Waals surface area contributed by atoms with Gasteiger partial charge in [0.15, 0.2) is 11.5 Å². The van der Waals surface area contributed by atoms with E-state index >= 15 is 0 Å². The van der Waals surface area contributed by atoms with E-state index in [-0.39, 0.29) is 0 Å². The summed E-state index contributed by atoms with van der Waals surface area (Å²) in [5, 5.41) is 0. The molecule has 0 aliphatic rings. The Morgan fingerprint density at radius 2 is 1.13 bits per heavy atom. The van der Waals surface area contributed by atoms with Gasteiger partial charge in [-0.3, -0.25) is 4.98 Å². The van der Waals surface area contributed by atoms with Crippen molar-refractivity contribution in [1.82, 2.24) is 4.98 Å². The summed E-state index contributed by atoms with van der Waals surface area (Å²) in [6.45, 7) is 0.981. The molecule has 0 N–H and O–H groups in total. The minimum absolute atomic E-state index is 0.486. The number of hydrogen-bond acceptors (Lipinski definition) is 3. The second-order valence-electron chi connectivity index (χ2n) is 6.87. The van der Waals surface area contributed by atoms with Crippen molar-refractivity contribution in [1.29, 1.82) is 0 Å². The topological polar surface area (TPSA) is 31.4 Å². The molecule has 3 heteroatoms. The summed E-state index contributed by atoms with van der Waals surface area (Å²) in [7, 11) is 0.